The van der Waals surface area contributed by atoms with E-state index in [1.54, 1.807) is 0 Å². The van der Waals surface area contributed by atoms with Gasteiger partial charge in [0.2, 0.25) is 0 Å². The van der Waals surface area contributed by atoms with Crippen LogP contribution < -0.4 is 0 Å². The number of thiol groups is 1. The minimum atomic E-state index is -4.24. The summed E-state index contributed by atoms with van der Waals surface area (Å²) in [4.78, 5) is 15.7. The molecule has 0 bridgehead atoms. The smallest absolute Gasteiger partial charge is 0.303 e. The molecule has 0 aromatic rings. The van der Waals surface area contributed by atoms with E-state index in [4.69, 9.17) is 9.79 Å². The Morgan fingerprint density at radius 3 is 2.14 bits per heavy atom. The Kier molecular flexibility index (Phi) is 2.87. The summed E-state index contributed by atoms with van der Waals surface area (Å²) in [6.07, 6.45) is 0. The summed E-state index contributed by atoms with van der Waals surface area (Å²) in [5, 5.41) is 0. The third-order valence-electron chi connectivity index (χ3n) is 0.226. The van der Waals surface area contributed by atoms with Crippen molar-refractivity contribution >= 4 is 20.5 Å². The average molecular weight is 144 g/mol. The molecule has 0 saturated heterocycles. The van der Waals surface area contributed by atoms with Crippen LogP contribution in [0.5, 0.6) is 0 Å². The number of rotatable bonds is 2. The summed E-state index contributed by atoms with van der Waals surface area (Å²) >= 11 is 3.40. The molecule has 0 rings (SSSR count). The van der Waals surface area contributed by atoms with Crippen molar-refractivity contribution in [2.45, 2.75) is 0 Å². The monoisotopic (exact) mass is 144 g/mol. The van der Waals surface area contributed by atoms with Crippen LogP contribution in [0.15, 0.2) is 0 Å². The third-order valence-corrected chi connectivity index (χ3v) is 1.02. The molecule has 7 heavy (non-hydrogen) atoms. The standard InChI is InChI=1S/CH5O4PS/c2-6(3,4)5-1-7/h7H,1H2,(H2,2,3,4). The van der Waals surface area contributed by atoms with Crippen molar-refractivity contribution in [2.75, 3.05) is 5.94 Å². The van der Waals surface area contributed by atoms with Crippen molar-refractivity contribution in [1.29, 1.82) is 0 Å². The molecule has 0 aromatic carbocycles. The molecular formula is CH5O4PS. The minimum absolute atomic E-state index is 0.260. The van der Waals surface area contributed by atoms with Gasteiger partial charge in [0.05, 0.1) is 0 Å². The van der Waals surface area contributed by atoms with Gasteiger partial charge in [-0.2, -0.15) is 12.6 Å². The molecule has 0 atom stereocenters. The quantitative estimate of drug-likeness (QED) is 0.289. The van der Waals surface area contributed by atoms with Gasteiger partial charge in [0.25, 0.3) is 0 Å². The van der Waals surface area contributed by atoms with E-state index in [-0.39, 0.29) is 5.94 Å². The van der Waals surface area contributed by atoms with Gasteiger partial charge in [-0.25, -0.2) is 4.57 Å². The molecule has 0 fully saturated rings. The van der Waals surface area contributed by atoms with Crippen LogP contribution in [0.4, 0.5) is 0 Å². The van der Waals surface area contributed by atoms with Gasteiger partial charge in [-0.3, -0.25) is 4.52 Å². The fraction of sp³-hybridized carbons (Fsp3) is 1.00. The van der Waals surface area contributed by atoms with Gasteiger partial charge in [0, 0.05) is 0 Å². The fourth-order valence-corrected chi connectivity index (χ4v) is 0.677. The Hall–Kier alpha value is 0.460. The number of phosphoric ester groups is 1. The lowest BCUT2D eigenvalue weighted by molar-refractivity contribution is 0.228. The van der Waals surface area contributed by atoms with E-state index in [0.717, 1.165) is 0 Å². The summed E-state index contributed by atoms with van der Waals surface area (Å²) in [7, 11) is -4.24. The normalized spacial score (nSPS) is 11.9. The molecule has 0 aliphatic carbocycles. The maximum Gasteiger partial charge on any atom is 0.470 e. The van der Waals surface area contributed by atoms with Gasteiger partial charge < -0.3 is 9.79 Å². The first kappa shape index (κ1) is 7.46. The van der Waals surface area contributed by atoms with Crippen molar-refractivity contribution in [2.24, 2.45) is 0 Å². The summed E-state index contributed by atoms with van der Waals surface area (Å²) < 4.78 is 13.4. The first-order valence-corrected chi connectivity index (χ1v) is 3.53. The molecule has 2 N–H and O–H groups in total. The van der Waals surface area contributed by atoms with Gasteiger partial charge in [-0.05, 0) is 0 Å². The van der Waals surface area contributed by atoms with E-state index < -0.39 is 7.82 Å². The maximum atomic E-state index is 9.65. The highest BCUT2D eigenvalue weighted by Gasteiger charge is 2.10. The van der Waals surface area contributed by atoms with Crippen molar-refractivity contribution < 1.29 is 18.9 Å². The lowest BCUT2D eigenvalue weighted by atomic mass is 11.7. The number of hydrogen-bond acceptors (Lipinski definition) is 3. The first-order valence-electron chi connectivity index (χ1n) is 1.37. The van der Waals surface area contributed by atoms with Gasteiger partial charge in [0.1, 0.15) is 5.94 Å². The van der Waals surface area contributed by atoms with E-state index in [9.17, 15) is 4.57 Å². The molecule has 0 saturated carbocycles. The maximum absolute atomic E-state index is 9.65. The van der Waals surface area contributed by atoms with Crippen molar-refractivity contribution in [3.63, 3.8) is 0 Å². The highest BCUT2D eigenvalue weighted by molar-refractivity contribution is 7.80. The van der Waals surface area contributed by atoms with Gasteiger partial charge >= 0.3 is 7.82 Å². The highest BCUT2D eigenvalue weighted by Crippen LogP contribution is 2.35. The molecular weight excluding hydrogens is 139 g/mol. The van der Waals surface area contributed by atoms with Crippen LogP contribution in [-0.4, -0.2) is 15.7 Å². The molecule has 0 heterocycles. The van der Waals surface area contributed by atoms with Crippen LogP contribution in [0.2, 0.25) is 0 Å². The minimum Gasteiger partial charge on any atom is -0.303 e. The molecule has 0 unspecified atom stereocenters. The van der Waals surface area contributed by atoms with Crippen molar-refractivity contribution in [3.8, 4) is 0 Å². The second-order valence-corrected chi connectivity index (χ2v) is 2.25. The van der Waals surface area contributed by atoms with Crippen LogP contribution in [0.1, 0.15) is 0 Å². The zero-order valence-corrected chi connectivity index (χ0v) is 5.10. The van der Waals surface area contributed by atoms with Crippen molar-refractivity contribution in [3.05, 3.63) is 0 Å². The summed E-state index contributed by atoms with van der Waals surface area (Å²) in [5.41, 5.74) is 0. The van der Waals surface area contributed by atoms with Crippen LogP contribution in [0.3, 0.4) is 0 Å². The lowest BCUT2D eigenvalue weighted by Gasteiger charge is -1.97. The van der Waals surface area contributed by atoms with Crippen LogP contribution in [0, 0.1) is 0 Å². The van der Waals surface area contributed by atoms with E-state index in [1.807, 2.05) is 0 Å². The molecule has 0 radical (unpaired) electrons. The number of hydrogen-bond donors (Lipinski definition) is 3. The lowest BCUT2D eigenvalue weighted by Crippen LogP contribution is -1.82. The fourth-order valence-electron chi connectivity index (χ4n) is 0.0752. The first-order chi connectivity index (χ1) is 3.06. The van der Waals surface area contributed by atoms with Gasteiger partial charge in [-0.1, -0.05) is 0 Å². The van der Waals surface area contributed by atoms with E-state index in [1.165, 1.54) is 0 Å². The molecule has 0 aliphatic rings. The van der Waals surface area contributed by atoms with Crippen LogP contribution in [-0.2, 0) is 9.09 Å². The second-order valence-electron chi connectivity index (χ2n) is 0.749. The molecule has 4 nitrogen and oxygen atoms in total. The zero-order valence-electron chi connectivity index (χ0n) is 3.31. The Bertz CT molecular complexity index is 85.7. The van der Waals surface area contributed by atoms with Gasteiger partial charge in [0.15, 0.2) is 0 Å². The van der Waals surface area contributed by atoms with E-state index in [0.29, 0.717) is 0 Å². The SMILES string of the molecule is O=P(O)(O)OCS. The van der Waals surface area contributed by atoms with E-state index >= 15 is 0 Å². The molecule has 6 heteroatoms. The Morgan fingerprint density at radius 1 is 1.71 bits per heavy atom. The summed E-state index contributed by atoms with van der Waals surface area (Å²) in [6.45, 7) is 0. The van der Waals surface area contributed by atoms with Crippen LogP contribution in [0.25, 0.3) is 0 Å². The summed E-state index contributed by atoms with van der Waals surface area (Å²) in [5.74, 6) is -0.260. The zero-order chi connectivity index (χ0) is 5.91. The Balaban J connectivity index is 3.36. The molecule has 0 amide bonds. The second kappa shape index (κ2) is 2.69. The highest BCUT2D eigenvalue weighted by atomic mass is 32.1. The molecule has 0 spiro atoms. The topological polar surface area (TPSA) is 66.8 Å². The number of phosphoric acid groups is 1. The third kappa shape index (κ3) is 6.46. The molecule has 0 aliphatic heterocycles. The Labute approximate surface area is 46.1 Å². The predicted octanol–water partition coefficient (Wildman–Crippen LogP) is -0.0170. The van der Waals surface area contributed by atoms with Gasteiger partial charge in [-0.15, -0.1) is 0 Å². The molecule has 44 valence electrons. The Morgan fingerprint density at radius 2 is 2.14 bits per heavy atom. The van der Waals surface area contributed by atoms with Crippen LogP contribution >= 0.6 is 20.5 Å². The largest absolute Gasteiger partial charge is 0.470 e. The average Bonchev–Trinajstić information content (AvgIpc) is 1.30. The van der Waals surface area contributed by atoms with E-state index in [2.05, 4.69) is 17.2 Å². The summed E-state index contributed by atoms with van der Waals surface area (Å²) in [6, 6.07) is 0. The van der Waals surface area contributed by atoms with Crippen molar-refractivity contribution in [1.82, 2.24) is 0 Å². The predicted molar refractivity (Wildman–Crippen MR) is 27.0 cm³/mol. The molecule has 0 aromatic heterocycles.